The van der Waals surface area contributed by atoms with Crippen molar-refractivity contribution < 1.29 is 26.9 Å². The minimum Gasteiger partial charge on any atom is -0.469 e. The SMILES string of the molecule is CCOC(=O)c1cc(-c2ccc(S(=O)(=O)N(C)[C@H](C)CCc3ccco3)s2)on1. The summed E-state index contributed by atoms with van der Waals surface area (Å²) in [5.74, 6) is 0.550. The molecule has 3 aromatic heterocycles. The fourth-order valence-corrected chi connectivity index (χ4v) is 5.48. The van der Waals surface area contributed by atoms with Crippen LogP contribution in [0, 0.1) is 0 Å². The van der Waals surface area contributed by atoms with E-state index in [1.54, 1.807) is 26.3 Å². The van der Waals surface area contributed by atoms with Gasteiger partial charge in [0.1, 0.15) is 9.97 Å². The monoisotopic (exact) mass is 438 g/mol. The summed E-state index contributed by atoms with van der Waals surface area (Å²) in [6.07, 6.45) is 2.88. The zero-order valence-electron chi connectivity index (χ0n) is 16.3. The van der Waals surface area contributed by atoms with Crippen LogP contribution in [0.2, 0.25) is 0 Å². The summed E-state index contributed by atoms with van der Waals surface area (Å²) < 4.78 is 42.8. The van der Waals surface area contributed by atoms with Crippen molar-refractivity contribution in [1.29, 1.82) is 0 Å². The van der Waals surface area contributed by atoms with E-state index in [1.807, 2.05) is 19.1 Å². The molecule has 29 heavy (non-hydrogen) atoms. The number of ether oxygens (including phenoxy) is 1. The number of aryl methyl sites for hydroxylation is 1. The van der Waals surface area contributed by atoms with Gasteiger partial charge in [0, 0.05) is 25.6 Å². The number of aromatic nitrogens is 1. The van der Waals surface area contributed by atoms with Crippen molar-refractivity contribution in [2.75, 3.05) is 13.7 Å². The fourth-order valence-electron chi connectivity index (χ4n) is 2.65. The quantitative estimate of drug-likeness (QED) is 0.468. The first-order valence-corrected chi connectivity index (χ1v) is 11.3. The predicted molar refractivity (Wildman–Crippen MR) is 107 cm³/mol. The summed E-state index contributed by atoms with van der Waals surface area (Å²) in [6, 6.07) is 8.07. The van der Waals surface area contributed by atoms with E-state index in [0.717, 1.165) is 17.1 Å². The number of carbonyl (C=O) groups excluding carboxylic acids is 1. The highest BCUT2D eigenvalue weighted by molar-refractivity contribution is 7.91. The van der Waals surface area contributed by atoms with E-state index in [0.29, 0.717) is 23.5 Å². The molecule has 3 heterocycles. The molecule has 10 heteroatoms. The molecule has 0 unspecified atom stereocenters. The second kappa shape index (κ2) is 8.93. The van der Waals surface area contributed by atoms with Crippen LogP contribution in [0.25, 0.3) is 10.6 Å². The standard InChI is InChI=1S/C19H22N2O6S2/c1-4-25-19(22)15-12-16(27-20-15)17-9-10-18(28-17)29(23,24)21(3)13(2)7-8-14-6-5-11-26-14/h5-6,9-13H,4,7-8H2,1-3H3/t13-/m1/s1. The first kappa shape index (κ1) is 21.3. The first-order chi connectivity index (χ1) is 13.8. The van der Waals surface area contributed by atoms with E-state index >= 15 is 0 Å². The molecule has 0 saturated heterocycles. The van der Waals surface area contributed by atoms with Gasteiger partial charge in [-0.15, -0.1) is 11.3 Å². The summed E-state index contributed by atoms with van der Waals surface area (Å²) in [5.41, 5.74) is 0.0447. The van der Waals surface area contributed by atoms with Crippen molar-refractivity contribution in [1.82, 2.24) is 9.46 Å². The van der Waals surface area contributed by atoms with Gasteiger partial charge < -0.3 is 13.7 Å². The Hall–Kier alpha value is -2.43. The van der Waals surface area contributed by atoms with Gasteiger partial charge in [0.2, 0.25) is 0 Å². The largest absolute Gasteiger partial charge is 0.469 e. The van der Waals surface area contributed by atoms with E-state index in [1.165, 1.54) is 16.4 Å². The lowest BCUT2D eigenvalue weighted by atomic mass is 10.1. The minimum atomic E-state index is -3.67. The summed E-state index contributed by atoms with van der Waals surface area (Å²) in [7, 11) is -2.10. The lowest BCUT2D eigenvalue weighted by Crippen LogP contribution is -2.35. The van der Waals surface area contributed by atoms with Gasteiger partial charge in [-0.3, -0.25) is 0 Å². The molecule has 0 saturated carbocycles. The number of hydrogen-bond donors (Lipinski definition) is 0. The average molecular weight is 439 g/mol. The van der Waals surface area contributed by atoms with Gasteiger partial charge in [-0.05, 0) is 44.5 Å². The number of hydrogen-bond acceptors (Lipinski definition) is 8. The number of nitrogens with zero attached hydrogens (tertiary/aromatic N) is 2. The van der Waals surface area contributed by atoms with Crippen LogP contribution in [0.1, 0.15) is 36.5 Å². The first-order valence-electron chi connectivity index (χ1n) is 9.07. The van der Waals surface area contributed by atoms with Gasteiger partial charge in [0.25, 0.3) is 10.0 Å². The van der Waals surface area contributed by atoms with Gasteiger partial charge >= 0.3 is 5.97 Å². The fraction of sp³-hybridized carbons (Fsp3) is 0.368. The van der Waals surface area contributed by atoms with Crippen molar-refractivity contribution in [3.63, 3.8) is 0 Å². The van der Waals surface area contributed by atoms with E-state index < -0.39 is 16.0 Å². The van der Waals surface area contributed by atoms with Crippen molar-refractivity contribution in [2.45, 2.75) is 36.9 Å². The van der Waals surface area contributed by atoms with Gasteiger partial charge in [-0.25, -0.2) is 13.2 Å². The Bertz CT molecular complexity index is 1050. The molecular weight excluding hydrogens is 416 g/mol. The Balaban J connectivity index is 1.71. The molecule has 3 aromatic rings. The topological polar surface area (TPSA) is 103 Å². The van der Waals surface area contributed by atoms with Crippen LogP contribution in [0.3, 0.4) is 0 Å². The third-order valence-electron chi connectivity index (χ3n) is 4.46. The Morgan fingerprint density at radius 3 is 2.83 bits per heavy atom. The molecule has 8 nitrogen and oxygen atoms in total. The summed E-state index contributed by atoms with van der Waals surface area (Å²) >= 11 is 1.06. The van der Waals surface area contributed by atoms with Crippen LogP contribution in [-0.4, -0.2) is 43.5 Å². The lowest BCUT2D eigenvalue weighted by Gasteiger charge is -2.23. The second-order valence-corrected chi connectivity index (χ2v) is 9.71. The van der Waals surface area contributed by atoms with Crippen LogP contribution in [0.4, 0.5) is 0 Å². The number of carbonyl (C=O) groups is 1. The van der Waals surface area contributed by atoms with Crippen LogP contribution < -0.4 is 0 Å². The van der Waals surface area contributed by atoms with Crippen LogP contribution in [-0.2, 0) is 21.2 Å². The molecule has 0 fully saturated rings. The number of thiophene rings is 1. The lowest BCUT2D eigenvalue weighted by molar-refractivity contribution is 0.0514. The van der Waals surface area contributed by atoms with Crippen LogP contribution in [0.5, 0.6) is 0 Å². The highest BCUT2D eigenvalue weighted by atomic mass is 32.2. The van der Waals surface area contributed by atoms with Crippen LogP contribution in [0.15, 0.2) is 49.7 Å². The molecule has 0 N–H and O–H groups in total. The van der Waals surface area contributed by atoms with Crippen LogP contribution >= 0.6 is 11.3 Å². The number of furan rings is 1. The van der Waals surface area contributed by atoms with Gasteiger partial charge in [-0.2, -0.15) is 4.31 Å². The van der Waals surface area contributed by atoms with E-state index in [9.17, 15) is 13.2 Å². The number of esters is 1. The summed E-state index contributed by atoms with van der Waals surface area (Å²) in [4.78, 5) is 12.3. The Morgan fingerprint density at radius 2 is 2.14 bits per heavy atom. The molecule has 0 aliphatic heterocycles. The third-order valence-corrected chi connectivity index (χ3v) is 8.00. The van der Waals surface area contributed by atoms with Crippen molar-refractivity contribution in [2.24, 2.45) is 0 Å². The van der Waals surface area contributed by atoms with Crippen molar-refractivity contribution in [3.8, 4) is 10.6 Å². The maximum absolute atomic E-state index is 13.0. The molecule has 1 atom stereocenters. The molecule has 0 amide bonds. The molecule has 0 aliphatic carbocycles. The van der Waals surface area contributed by atoms with Crippen molar-refractivity contribution >= 4 is 27.3 Å². The van der Waals surface area contributed by atoms with Gasteiger partial charge in [0.15, 0.2) is 11.5 Å². The molecule has 0 radical (unpaired) electrons. The molecule has 156 valence electrons. The van der Waals surface area contributed by atoms with E-state index in [2.05, 4.69) is 5.16 Å². The molecule has 0 spiro atoms. The molecule has 0 aliphatic rings. The summed E-state index contributed by atoms with van der Waals surface area (Å²) in [5, 5.41) is 3.68. The number of rotatable bonds is 9. The summed E-state index contributed by atoms with van der Waals surface area (Å²) in [6.45, 7) is 3.78. The third kappa shape index (κ3) is 4.77. The molecule has 0 aromatic carbocycles. The second-order valence-electron chi connectivity index (χ2n) is 6.40. The predicted octanol–water partition coefficient (Wildman–Crippen LogP) is 3.81. The van der Waals surface area contributed by atoms with E-state index in [4.69, 9.17) is 13.7 Å². The highest BCUT2D eigenvalue weighted by Crippen LogP contribution is 2.33. The molecule has 0 bridgehead atoms. The normalized spacial score (nSPS) is 13.0. The molecular formula is C19H22N2O6S2. The van der Waals surface area contributed by atoms with Crippen molar-refractivity contribution in [3.05, 3.63) is 48.0 Å². The van der Waals surface area contributed by atoms with E-state index in [-0.39, 0.29) is 22.6 Å². The number of sulfonamides is 1. The zero-order chi connectivity index (χ0) is 21.0. The maximum Gasteiger partial charge on any atom is 0.360 e. The van der Waals surface area contributed by atoms with Gasteiger partial charge in [0.05, 0.1) is 17.7 Å². The Labute approximate surface area is 173 Å². The van der Waals surface area contributed by atoms with Gasteiger partial charge in [-0.1, -0.05) is 5.16 Å². The Morgan fingerprint density at radius 1 is 1.34 bits per heavy atom. The minimum absolute atomic E-state index is 0.0447. The molecule has 3 rings (SSSR count). The maximum atomic E-state index is 13.0. The highest BCUT2D eigenvalue weighted by Gasteiger charge is 2.28. The average Bonchev–Trinajstić information content (AvgIpc) is 3.46. The zero-order valence-corrected chi connectivity index (χ0v) is 18.0. The Kier molecular flexibility index (Phi) is 6.56. The smallest absolute Gasteiger partial charge is 0.360 e.